The van der Waals surface area contributed by atoms with Crippen LogP contribution in [0.1, 0.15) is 102 Å². The van der Waals surface area contributed by atoms with Crippen molar-refractivity contribution >= 4 is 29.8 Å². The first-order valence-electron chi connectivity index (χ1n) is 11.7. The Hall–Kier alpha value is -0.800. The van der Waals surface area contributed by atoms with E-state index in [4.69, 9.17) is 5.14 Å². The van der Waals surface area contributed by atoms with Crippen molar-refractivity contribution in [3.05, 3.63) is 39.5 Å². The number of sulfonamides is 1. The fraction of sp³-hybridized carbons (Fsp3) is 0.667. The molecule has 0 aliphatic heterocycles. The summed E-state index contributed by atoms with van der Waals surface area (Å²) in [5.74, 6) is 0. The highest BCUT2D eigenvalue weighted by atomic mass is 127. The Kier molecular flexibility index (Phi) is 15.3. The van der Waals surface area contributed by atoms with E-state index in [9.17, 15) is 14.6 Å². The molecule has 0 aliphatic carbocycles. The van der Waals surface area contributed by atoms with Gasteiger partial charge in [-0.05, 0) is 56.2 Å². The van der Waals surface area contributed by atoms with Gasteiger partial charge in [-0.25, -0.2) is 19.7 Å². The van der Waals surface area contributed by atoms with Crippen molar-refractivity contribution in [1.29, 1.82) is 0 Å². The average Bonchev–Trinajstić information content (AvgIpc) is 2.72. The second kappa shape index (κ2) is 16.8. The third-order valence-corrected chi connectivity index (χ3v) is 8.65. The average molecular weight is 566 g/mol. The molecule has 0 atom stereocenters. The number of hydrogen-bond acceptors (Lipinski definition) is 4. The lowest BCUT2D eigenvalue weighted by Gasteiger charge is -2.06. The minimum atomic E-state index is -4.03. The predicted molar refractivity (Wildman–Crippen MR) is 135 cm³/mol. The molecule has 0 spiro atoms. The molecule has 0 bridgehead atoms. The van der Waals surface area contributed by atoms with Crippen molar-refractivity contribution in [3.63, 3.8) is 0 Å². The summed E-state index contributed by atoms with van der Waals surface area (Å²) in [7, 11) is -4.03. The smallest absolute Gasteiger partial charge is 0.230 e. The van der Waals surface area contributed by atoms with Gasteiger partial charge in [-0.2, -0.15) is 0 Å². The summed E-state index contributed by atoms with van der Waals surface area (Å²) in [6.07, 6.45) is 22.8. The predicted octanol–water partition coefficient (Wildman–Crippen LogP) is 7.28. The Bertz CT molecular complexity index is 824. The first kappa shape index (κ1) is 28.2. The molecule has 0 aliphatic rings. The van der Waals surface area contributed by atoms with Crippen LogP contribution in [0, 0.1) is 3.57 Å². The molecule has 2 N–H and O–H groups in total. The summed E-state index contributed by atoms with van der Waals surface area (Å²) < 4.78 is 45.8. The molecule has 178 valence electrons. The molecule has 0 amide bonds. The number of unbranched alkanes of at least 4 members (excludes halogenated alkanes) is 12. The highest BCUT2D eigenvalue weighted by Gasteiger charge is 2.18. The molecule has 7 heteroatoms. The van der Waals surface area contributed by atoms with Crippen LogP contribution in [0.3, 0.4) is 0 Å². The minimum Gasteiger partial charge on any atom is -0.230 e. The molecule has 1 aromatic rings. The number of aryl methyl sites for hydroxylation is 1. The third kappa shape index (κ3) is 13.4. The van der Waals surface area contributed by atoms with Gasteiger partial charge < -0.3 is 0 Å². The van der Waals surface area contributed by atoms with E-state index in [1.165, 1.54) is 69.9 Å². The summed E-state index contributed by atoms with van der Waals surface area (Å²) in [5, 5.41) is 5.17. The minimum absolute atomic E-state index is 0.144. The number of nitrogens with two attached hydrogens (primary N) is 1. The Morgan fingerprint density at radius 3 is 1.84 bits per heavy atom. The molecule has 0 aromatic heterocycles. The molecule has 1 aromatic carbocycles. The molecular weight excluding hydrogens is 525 g/mol. The number of benzene rings is 1. The van der Waals surface area contributed by atoms with Gasteiger partial charge in [0, 0.05) is 0 Å². The van der Waals surface area contributed by atoms with E-state index in [0.29, 0.717) is 0 Å². The fourth-order valence-corrected chi connectivity index (χ4v) is 6.69. The third-order valence-electron chi connectivity index (χ3n) is 5.45. The second-order valence-electron chi connectivity index (χ2n) is 8.21. The standard InChI is InChI=1S/C24H40INO4S/c1-2-3-4-5-6-7-8-9-10-11-12-13-14-15-16-17-18-22-19-20-23(25(27)28)24(21-22)31(26,29)30/h11-12,19-21H,2-10,13-18H2,1H3,(H2,26,29,30). The van der Waals surface area contributed by atoms with Crippen LogP contribution in [0.15, 0.2) is 35.2 Å². The molecule has 0 heterocycles. The van der Waals surface area contributed by atoms with E-state index in [1.807, 2.05) is 0 Å². The van der Waals surface area contributed by atoms with Gasteiger partial charge in [-0.3, -0.25) is 0 Å². The van der Waals surface area contributed by atoms with E-state index in [2.05, 4.69) is 19.1 Å². The maximum atomic E-state index is 11.7. The number of rotatable bonds is 18. The van der Waals surface area contributed by atoms with Crippen molar-refractivity contribution in [2.75, 3.05) is 0 Å². The first-order valence-corrected chi connectivity index (χ1v) is 16.1. The van der Waals surface area contributed by atoms with Crippen molar-refractivity contribution in [1.82, 2.24) is 0 Å². The normalized spacial score (nSPS) is 12.2. The van der Waals surface area contributed by atoms with Crippen LogP contribution in [0.4, 0.5) is 0 Å². The lowest BCUT2D eigenvalue weighted by Crippen LogP contribution is -2.14. The van der Waals surface area contributed by atoms with Crippen molar-refractivity contribution in [3.8, 4) is 0 Å². The van der Waals surface area contributed by atoms with E-state index >= 15 is 0 Å². The molecule has 0 unspecified atom stereocenters. The van der Waals surface area contributed by atoms with Gasteiger partial charge in [0.05, 0.1) is 3.57 Å². The van der Waals surface area contributed by atoms with Gasteiger partial charge in [0.15, 0.2) is 0 Å². The second-order valence-corrected chi connectivity index (χ2v) is 12.1. The summed E-state index contributed by atoms with van der Waals surface area (Å²) in [6.45, 7) is 2.25. The zero-order chi connectivity index (χ0) is 23.0. The van der Waals surface area contributed by atoms with Gasteiger partial charge in [-0.1, -0.05) is 82.9 Å². The number of hydrogen-bond donors (Lipinski definition) is 1. The van der Waals surface area contributed by atoms with E-state index in [-0.39, 0.29) is 8.47 Å². The maximum absolute atomic E-state index is 11.7. The number of allylic oxidation sites excluding steroid dienone is 2. The van der Waals surface area contributed by atoms with Crippen LogP contribution in [-0.2, 0) is 22.6 Å². The van der Waals surface area contributed by atoms with Crippen LogP contribution >= 0.6 is 19.8 Å². The highest BCUT2D eigenvalue weighted by Crippen LogP contribution is 2.26. The van der Waals surface area contributed by atoms with E-state index in [1.54, 1.807) is 6.07 Å². The van der Waals surface area contributed by atoms with Crippen LogP contribution in [0.2, 0.25) is 0 Å². The topological polar surface area (TPSA) is 94.3 Å². The quantitative estimate of drug-likeness (QED) is 0.115. The van der Waals surface area contributed by atoms with Crippen molar-refractivity contribution in [2.45, 2.75) is 108 Å². The largest absolute Gasteiger partial charge is 0.342 e. The van der Waals surface area contributed by atoms with Crippen molar-refractivity contribution < 1.29 is 14.6 Å². The summed E-state index contributed by atoms with van der Waals surface area (Å²) in [4.78, 5) is -0.262. The van der Waals surface area contributed by atoms with Crippen LogP contribution in [0.5, 0.6) is 0 Å². The van der Waals surface area contributed by atoms with Crippen LogP contribution in [-0.4, -0.2) is 8.42 Å². The van der Waals surface area contributed by atoms with Gasteiger partial charge in [0.2, 0.25) is 10.0 Å². The summed E-state index contributed by atoms with van der Waals surface area (Å²) in [5.41, 5.74) is 0.816. The van der Waals surface area contributed by atoms with Crippen LogP contribution < -0.4 is 5.14 Å². The van der Waals surface area contributed by atoms with Crippen molar-refractivity contribution in [2.24, 2.45) is 5.14 Å². The number of primary sulfonamides is 1. The van der Waals surface area contributed by atoms with Gasteiger partial charge >= 0.3 is 19.8 Å². The highest BCUT2D eigenvalue weighted by molar-refractivity contribution is 14.2. The van der Waals surface area contributed by atoms with Gasteiger partial charge in [0.1, 0.15) is 4.90 Å². The Labute approximate surface area is 196 Å². The first-order chi connectivity index (χ1) is 14.9. The zero-order valence-electron chi connectivity index (χ0n) is 19.0. The molecule has 0 radical (unpaired) electrons. The zero-order valence-corrected chi connectivity index (χ0v) is 22.0. The SMILES string of the molecule is CCCCCCCCCCC=CCCCCCCc1ccc(I(=O)=O)c(S(N)(=O)=O)c1. The van der Waals surface area contributed by atoms with E-state index in [0.717, 1.165) is 44.1 Å². The molecule has 1 rings (SSSR count). The summed E-state index contributed by atoms with van der Waals surface area (Å²) in [6, 6.07) is 4.48. The monoisotopic (exact) mass is 565 g/mol. The van der Waals surface area contributed by atoms with Gasteiger partial charge in [0.25, 0.3) is 0 Å². The molecular formula is C24H40INO4S. The van der Waals surface area contributed by atoms with Crippen LogP contribution in [0.25, 0.3) is 0 Å². The Morgan fingerprint density at radius 2 is 1.32 bits per heavy atom. The number of halogens is 1. The molecule has 5 nitrogen and oxygen atoms in total. The fourth-order valence-electron chi connectivity index (χ4n) is 3.63. The summed E-state index contributed by atoms with van der Waals surface area (Å²) >= 11 is -3.90. The van der Waals surface area contributed by atoms with Gasteiger partial charge in [-0.15, -0.1) is 0 Å². The molecule has 0 saturated heterocycles. The molecule has 31 heavy (non-hydrogen) atoms. The van der Waals surface area contributed by atoms with E-state index < -0.39 is 29.8 Å². The lowest BCUT2D eigenvalue weighted by molar-refractivity contribution is 0.577. The Balaban J connectivity index is 2.12. The molecule has 0 saturated carbocycles. The lowest BCUT2D eigenvalue weighted by atomic mass is 10.1. The maximum Gasteiger partial charge on any atom is 0.342 e. The Morgan fingerprint density at radius 1 is 0.806 bits per heavy atom. The molecule has 0 fully saturated rings.